The highest BCUT2D eigenvalue weighted by Gasteiger charge is 2.13. The summed E-state index contributed by atoms with van der Waals surface area (Å²) in [7, 11) is -2.35. The lowest BCUT2D eigenvalue weighted by atomic mass is 10.1. The maximum absolute atomic E-state index is 12.5. The summed E-state index contributed by atoms with van der Waals surface area (Å²) in [6.45, 7) is 3.47. The topological polar surface area (TPSA) is 167 Å². The number of aliphatic hydroxyl groups excluding tert-OH is 1. The molecule has 5 N–H and O–H groups in total. The van der Waals surface area contributed by atoms with Gasteiger partial charge in [0.15, 0.2) is 0 Å². The third-order valence-electron chi connectivity index (χ3n) is 5.69. The number of aromatic nitrogens is 2. The number of hydrogen-bond donors (Lipinski definition) is 6. The first-order valence-electron chi connectivity index (χ1n) is 13.0. The maximum Gasteiger partial charge on any atom is 0.441 e. The van der Waals surface area contributed by atoms with Crippen molar-refractivity contribution in [2.24, 2.45) is 4.36 Å². The van der Waals surface area contributed by atoms with Gasteiger partial charge >= 0.3 is 12.1 Å². The fourth-order valence-electron chi connectivity index (χ4n) is 3.71. The third-order valence-corrected chi connectivity index (χ3v) is 6.76. The number of carbonyl (C=O) groups excluding carboxylic acids is 2. The number of carbonyl (C=O) groups is 2. The molecule has 0 aliphatic rings. The van der Waals surface area contributed by atoms with Crippen LogP contribution in [0.2, 0.25) is 0 Å². The zero-order valence-corrected chi connectivity index (χ0v) is 23.8. The number of aliphatic hydroxyl groups is 1. The molecule has 13 heteroatoms. The second kappa shape index (κ2) is 14.6. The van der Waals surface area contributed by atoms with Crippen molar-refractivity contribution in [1.29, 1.82) is 0 Å². The Morgan fingerprint density at radius 3 is 2.36 bits per heavy atom. The second-order valence-corrected chi connectivity index (χ2v) is 10.2. The lowest BCUT2D eigenvalue weighted by Crippen LogP contribution is -2.21. The molecule has 1 aromatic heterocycles. The van der Waals surface area contributed by atoms with E-state index in [2.05, 4.69) is 35.6 Å². The number of amides is 3. The molecule has 0 saturated heterocycles. The number of nitrogens with zero attached hydrogens (tertiary/aromatic N) is 3. The molecule has 4 rings (SSSR count). The molecule has 0 spiro atoms. The number of hydrogen-bond acceptors (Lipinski definition) is 9. The predicted molar refractivity (Wildman–Crippen MR) is 164 cm³/mol. The van der Waals surface area contributed by atoms with E-state index in [0.717, 1.165) is 5.56 Å². The third kappa shape index (κ3) is 8.49. The summed E-state index contributed by atoms with van der Waals surface area (Å²) in [4.78, 5) is 33.3. The van der Waals surface area contributed by atoms with Crippen molar-refractivity contribution in [3.05, 3.63) is 85.1 Å². The molecule has 0 radical (unpaired) electrons. The first-order valence-corrected chi connectivity index (χ1v) is 14.3. The van der Waals surface area contributed by atoms with Gasteiger partial charge < -0.3 is 31.1 Å². The molecular formula is C29H31N7O5S. The van der Waals surface area contributed by atoms with Gasteiger partial charge in [0.2, 0.25) is 5.95 Å². The van der Waals surface area contributed by atoms with Crippen molar-refractivity contribution in [2.45, 2.75) is 24.8 Å². The monoisotopic (exact) mass is 589 g/mol. The fourth-order valence-corrected chi connectivity index (χ4v) is 4.49. The minimum Gasteiger partial charge on any atom is -0.448 e. The van der Waals surface area contributed by atoms with E-state index < -0.39 is 16.7 Å². The van der Waals surface area contributed by atoms with E-state index in [-0.39, 0.29) is 31.2 Å². The number of thiol groups is 1. The van der Waals surface area contributed by atoms with E-state index in [9.17, 15) is 18.9 Å². The SMILES string of the molecule is CCOC(=O)/N=[SH](=O)\c1cccc(Nc2ncc(-c3ccc(NC(=O)Nc4ccccc4)cc3)c(NC(C)CO)n2)c1. The zero-order chi connectivity index (χ0) is 29.9. The van der Waals surface area contributed by atoms with Gasteiger partial charge in [0.1, 0.15) is 5.82 Å². The molecule has 0 saturated carbocycles. The fraction of sp³-hybridized carbons (Fsp3) is 0.172. The van der Waals surface area contributed by atoms with Crippen molar-refractivity contribution >= 4 is 51.5 Å². The van der Waals surface area contributed by atoms with Gasteiger partial charge in [-0.2, -0.15) is 4.98 Å². The van der Waals surface area contributed by atoms with Crippen molar-refractivity contribution < 1.29 is 23.6 Å². The van der Waals surface area contributed by atoms with E-state index in [1.54, 1.807) is 61.7 Å². The summed E-state index contributed by atoms with van der Waals surface area (Å²) in [6, 6.07) is 22.2. The van der Waals surface area contributed by atoms with Gasteiger partial charge in [-0.25, -0.2) is 18.8 Å². The minimum atomic E-state index is -2.35. The van der Waals surface area contributed by atoms with Crippen LogP contribution in [-0.2, 0) is 15.3 Å². The summed E-state index contributed by atoms with van der Waals surface area (Å²) in [6.07, 6.45) is 0.746. The van der Waals surface area contributed by atoms with Crippen LogP contribution in [0.1, 0.15) is 13.8 Å². The highest BCUT2D eigenvalue weighted by atomic mass is 32.2. The first kappa shape index (κ1) is 30.0. The molecule has 2 unspecified atom stereocenters. The van der Waals surface area contributed by atoms with Crippen LogP contribution in [0, 0.1) is 0 Å². The zero-order valence-electron chi connectivity index (χ0n) is 22.9. The number of anilines is 5. The number of ether oxygens (including phenoxy) is 1. The van der Waals surface area contributed by atoms with E-state index in [1.165, 1.54) is 0 Å². The highest BCUT2D eigenvalue weighted by Crippen LogP contribution is 2.29. The van der Waals surface area contributed by atoms with E-state index >= 15 is 0 Å². The lowest BCUT2D eigenvalue weighted by Gasteiger charge is -2.17. The number of para-hydroxylation sites is 1. The molecule has 1 heterocycles. The summed E-state index contributed by atoms with van der Waals surface area (Å²) in [5.74, 6) is 0.716. The summed E-state index contributed by atoms with van der Waals surface area (Å²) < 4.78 is 20.8. The van der Waals surface area contributed by atoms with Crippen LogP contribution in [-0.4, -0.2) is 50.7 Å². The molecule has 3 aromatic carbocycles. The Balaban J connectivity index is 1.52. The Morgan fingerprint density at radius 1 is 0.976 bits per heavy atom. The van der Waals surface area contributed by atoms with Gasteiger partial charge in [0, 0.05) is 39.8 Å². The number of urea groups is 1. The Labute approximate surface area is 244 Å². The van der Waals surface area contributed by atoms with E-state index in [0.29, 0.717) is 33.3 Å². The van der Waals surface area contributed by atoms with Crippen molar-refractivity contribution in [1.82, 2.24) is 9.97 Å². The molecule has 42 heavy (non-hydrogen) atoms. The minimum absolute atomic E-state index is 0.120. The normalized spacial score (nSPS) is 12.2. The van der Waals surface area contributed by atoms with Gasteiger partial charge in [0.05, 0.1) is 23.8 Å². The second-order valence-electron chi connectivity index (χ2n) is 8.95. The predicted octanol–water partition coefficient (Wildman–Crippen LogP) is 5.50. The van der Waals surface area contributed by atoms with Crippen LogP contribution in [0.5, 0.6) is 0 Å². The highest BCUT2D eigenvalue weighted by molar-refractivity contribution is 7.75. The molecule has 12 nitrogen and oxygen atoms in total. The Kier molecular flexibility index (Phi) is 10.4. The molecule has 0 aliphatic carbocycles. The number of rotatable bonds is 10. The van der Waals surface area contributed by atoms with Crippen LogP contribution >= 0.6 is 0 Å². The quantitative estimate of drug-likeness (QED) is 0.131. The van der Waals surface area contributed by atoms with Crippen molar-refractivity contribution in [2.75, 3.05) is 34.5 Å². The molecule has 0 bridgehead atoms. The largest absolute Gasteiger partial charge is 0.448 e. The summed E-state index contributed by atoms with van der Waals surface area (Å²) in [5, 5.41) is 21.5. The Morgan fingerprint density at radius 2 is 1.67 bits per heavy atom. The van der Waals surface area contributed by atoms with Crippen LogP contribution < -0.4 is 21.3 Å². The molecule has 2 atom stereocenters. The maximum atomic E-state index is 12.5. The van der Waals surface area contributed by atoms with Crippen LogP contribution in [0.15, 0.2) is 94.3 Å². The Hall–Kier alpha value is -5.01. The molecule has 0 aliphatic heterocycles. The first-order chi connectivity index (χ1) is 20.3. The van der Waals surface area contributed by atoms with Crippen LogP contribution in [0.3, 0.4) is 0 Å². The summed E-state index contributed by atoms with van der Waals surface area (Å²) >= 11 is 0. The van der Waals surface area contributed by atoms with Gasteiger partial charge in [0.25, 0.3) is 0 Å². The van der Waals surface area contributed by atoms with Gasteiger partial charge in [-0.05, 0) is 61.9 Å². The average Bonchev–Trinajstić information content (AvgIpc) is 2.98. The van der Waals surface area contributed by atoms with Crippen LogP contribution in [0.4, 0.5) is 38.4 Å². The van der Waals surface area contributed by atoms with Gasteiger partial charge in [-0.15, -0.1) is 4.36 Å². The number of nitrogens with one attached hydrogen (secondary N) is 4. The van der Waals surface area contributed by atoms with Crippen LogP contribution in [0.25, 0.3) is 11.1 Å². The molecule has 3 amide bonds. The number of benzene rings is 3. The Bertz CT molecular complexity index is 1610. The van der Waals surface area contributed by atoms with Gasteiger partial charge in [-0.3, -0.25) is 0 Å². The van der Waals surface area contributed by atoms with Crippen molar-refractivity contribution in [3.8, 4) is 11.1 Å². The van der Waals surface area contributed by atoms with E-state index in [1.807, 2.05) is 37.3 Å². The molecule has 218 valence electrons. The van der Waals surface area contributed by atoms with Gasteiger partial charge in [-0.1, -0.05) is 36.4 Å². The molecule has 0 fully saturated rings. The standard InChI is InChI=1S/C29H31N7O5S/c1-3-41-29(39)36-42(40)24-11-7-10-23(16-24)32-27-30-17-25(26(35-27)31-19(2)18-37)20-12-14-22(15-13-20)34-28(38)33-21-8-5-4-6-9-21/h4-17,19,37,42H,3,18H2,1-2H3,(H2,33,34,38)(H2,30,31,32,35). The molecular weight excluding hydrogens is 558 g/mol. The lowest BCUT2D eigenvalue weighted by molar-refractivity contribution is 0.164. The average molecular weight is 590 g/mol. The summed E-state index contributed by atoms with van der Waals surface area (Å²) in [5.41, 5.74) is 3.26. The smallest absolute Gasteiger partial charge is 0.441 e. The molecule has 4 aromatic rings. The van der Waals surface area contributed by atoms with E-state index in [4.69, 9.17) is 4.74 Å². The van der Waals surface area contributed by atoms with Crippen molar-refractivity contribution in [3.63, 3.8) is 0 Å².